The molecule has 0 saturated carbocycles. The molecule has 0 aliphatic rings. The molecule has 0 radical (unpaired) electrons. The summed E-state index contributed by atoms with van der Waals surface area (Å²) in [7, 11) is 5.57. The van der Waals surface area contributed by atoms with E-state index in [1.807, 2.05) is 0 Å². The fourth-order valence-corrected chi connectivity index (χ4v) is 8.13. The highest BCUT2D eigenvalue weighted by Gasteiger charge is 2.35. The van der Waals surface area contributed by atoms with Crippen LogP contribution in [0, 0.1) is 0 Å². The standard InChI is InChI=1S/C19H38O6Si3/c1-20-26(21-2)15-12-19(13-16-27(22-3)23-4,14-17-28(24-5)25-6)18-10-8-7-9-11-18/h7-11,26-28H,12-17H2,1-6H3. The van der Waals surface area contributed by atoms with E-state index >= 15 is 0 Å². The van der Waals surface area contributed by atoms with Gasteiger partial charge in [-0.1, -0.05) is 30.3 Å². The summed E-state index contributed by atoms with van der Waals surface area (Å²) in [5.74, 6) is 0. The Hall–Kier alpha value is -0.369. The first-order chi connectivity index (χ1) is 13.6. The second kappa shape index (κ2) is 14.6. The molecule has 1 rings (SSSR count). The minimum absolute atomic E-state index is 0.00813. The summed E-state index contributed by atoms with van der Waals surface area (Å²) < 4.78 is 33.6. The molecule has 0 aliphatic carbocycles. The van der Waals surface area contributed by atoms with Gasteiger partial charge in [-0.3, -0.25) is 0 Å². The van der Waals surface area contributed by atoms with Crippen LogP contribution in [0.2, 0.25) is 18.1 Å². The molecule has 6 nitrogen and oxygen atoms in total. The Kier molecular flexibility index (Phi) is 13.4. The SMILES string of the molecule is CO[SiH](CCC(CC[SiH](OC)OC)(CC[SiH](OC)OC)c1ccccc1)OC. The lowest BCUT2D eigenvalue weighted by atomic mass is 9.73. The zero-order chi connectivity index (χ0) is 20.8. The lowest BCUT2D eigenvalue weighted by molar-refractivity contribution is 0.250. The zero-order valence-corrected chi connectivity index (χ0v) is 21.8. The minimum Gasteiger partial charge on any atom is -0.400 e. The number of hydrogen-bond donors (Lipinski definition) is 0. The summed E-state index contributed by atoms with van der Waals surface area (Å²) in [6.45, 7) is 0. The summed E-state index contributed by atoms with van der Waals surface area (Å²) >= 11 is 0. The molecular formula is C19H38O6Si3. The number of benzene rings is 1. The highest BCUT2D eigenvalue weighted by molar-refractivity contribution is 6.45. The average Bonchev–Trinajstić information content (AvgIpc) is 2.75. The lowest BCUT2D eigenvalue weighted by Crippen LogP contribution is -2.34. The Labute approximate surface area is 176 Å². The first-order valence-corrected chi connectivity index (χ1v) is 15.1. The molecule has 1 aromatic carbocycles. The molecule has 0 aliphatic heterocycles. The van der Waals surface area contributed by atoms with E-state index < -0.39 is 27.9 Å². The molecule has 0 N–H and O–H groups in total. The first-order valence-electron chi connectivity index (χ1n) is 9.81. The summed E-state index contributed by atoms with van der Waals surface area (Å²) in [6, 6.07) is 13.7. The van der Waals surface area contributed by atoms with Gasteiger partial charge in [0, 0.05) is 42.7 Å². The maximum atomic E-state index is 5.60. The van der Waals surface area contributed by atoms with E-state index in [0.717, 1.165) is 37.4 Å². The minimum atomic E-state index is -1.65. The molecule has 1 aromatic rings. The van der Waals surface area contributed by atoms with Crippen molar-refractivity contribution in [2.45, 2.75) is 42.8 Å². The van der Waals surface area contributed by atoms with Crippen LogP contribution in [0.3, 0.4) is 0 Å². The maximum Gasteiger partial charge on any atom is 0.320 e. The molecule has 0 unspecified atom stereocenters. The Bertz CT molecular complexity index is 455. The fraction of sp³-hybridized carbons (Fsp3) is 0.684. The van der Waals surface area contributed by atoms with Gasteiger partial charge in [0.15, 0.2) is 0 Å². The molecule has 0 amide bonds. The predicted octanol–water partition coefficient (Wildman–Crippen LogP) is 2.63. The first kappa shape index (κ1) is 25.7. The Morgan fingerprint density at radius 3 is 1.18 bits per heavy atom. The van der Waals surface area contributed by atoms with Gasteiger partial charge in [0.05, 0.1) is 0 Å². The summed E-state index contributed by atoms with van der Waals surface area (Å²) in [5, 5.41) is 0. The van der Waals surface area contributed by atoms with Gasteiger partial charge in [-0.05, 0) is 48.4 Å². The molecule has 0 bridgehead atoms. The van der Waals surface area contributed by atoms with Crippen molar-refractivity contribution in [2.75, 3.05) is 42.7 Å². The normalized spacial score (nSPS) is 12.5. The molecule has 162 valence electrons. The third kappa shape index (κ3) is 8.17. The predicted molar refractivity (Wildman–Crippen MR) is 120 cm³/mol. The van der Waals surface area contributed by atoms with Crippen LogP contribution in [-0.2, 0) is 32.0 Å². The van der Waals surface area contributed by atoms with Crippen molar-refractivity contribution >= 4 is 27.9 Å². The van der Waals surface area contributed by atoms with E-state index in [9.17, 15) is 0 Å². The third-order valence-electron chi connectivity index (χ3n) is 5.54. The van der Waals surface area contributed by atoms with Gasteiger partial charge in [0.25, 0.3) is 0 Å². The largest absolute Gasteiger partial charge is 0.400 e. The Balaban J connectivity index is 3.14. The number of hydrogen-bond acceptors (Lipinski definition) is 6. The Morgan fingerprint density at radius 1 is 0.571 bits per heavy atom. The van der Waals surface area contributed by atoms with Crippen LogP contribution < -0.4 is 0 Å². The van der Waals surface area contributed by atoms with Crippen molar-refractivity contribution in [3.05, 3.63) is 35.9 Å². The molecule has 0 heterocycles. The quantitative estimate of drug-likeness (QED) is 0.364. The van der Waals surface area contributed by atoms with Gasteiger partial charge in [0.2, 0.25) is 0 Å². The fourth-order valence-electron chi connectivity index (χ4n) is 3.78. The van der Waals surface area contributed by atoms with Crippen LogP contribution in [-0.4, -0.2) is 70.5 Å². The van der Waals surface area contributed by atoms with Crippen LogP contribution in [0.5, 0.6) is 0 Å². The number of rotatable bonds is 16. The zero-order valence-electron chi connectivity index (χ0n) is 18.3. The molecule has 0 saturated heterocycles. The van der Waals surface area contributed by atoms with Crippen molar-refractivity contribution < 1.29 is 26.6 Å². The van der Waals surface area contributed by atoms with E-state index in [1.54, 1.807) is 42.7 Å². The molecule has 9 heteroatoms. The van der Waals surface area contributed by atoms with E-state index in [-0.39, 0.29) is 5.41 Å². The van der Waals surface area contributed by atoms with Crippen LogP contribution in [0.4, 0.5) is 0 Å². The summed E-state index contributed by atoms with van der Waals surface area (Å²) in [6.07, 6.45) is 3.04. The van der Waals surface area contributed by atoms with E-state index in [4.69, 9.17) is 26.6 Å². The lowest BCUT2D eigenvalue weighted by Gasteiger charge is -2.37. The highest BCUT2D eigenvalue weighted by Crippen LogP contribution is 2.40. The van der Waals surface area contributed by atoms with Crippen molar-refractivity contribution in [3.63, 3.8) is 0 Å². The smallest absolute Gasteiger partial charge is 0.320 e. The molecule has 28 heavy (non-hydrogen) atoms. The van der Waals surface area contributed by atoms with Crippen LogP contribution in [0.15, 0.2) is 30.3 Å². The molecule has 0 fully saturated rings. The second-order valence-electron chi connectivity index (χ2n) is 6.97. The summed E-state index contributed by atoms with van der Waals surface area (Å²) in [5.41, 5.74) is 1.36. The monoisotopic (exact) mass is 446 g/mol. The summed E-state index contributed by atoms with van der Waals surface area (Å²) in [4.78, 5) is 0. The topological polar surface area (TPSA) is 55.4 Å². The van der Waals surface area contributed by atoms with Crippen LogP contribution in [0.1, 0.15) is 24.8 Å². The molecule has 0 atom stereocenters. The third-order valence-corrected chi connectivity index (χ3v) is 11.0. The van der Waals surface area contributed by atoms with Gasteiger partial charge in [-0.15, -0.1) is 0 Å². The van der Waals surface area contributed by atoms with E-state index in [1.165, 1.54) is 5.56 Å². The van der Waals surface area contributed by atoms with Gasteiger partial charge in [0.1, 0.15) is 0 Å². The van der Waals surface area contributed by atoms with Crippen molar-refractivity contribution in [1.82, 2.24) is 0 Å². The second-order valence-corrected chi connectivity index (χ2v) is 14.1. The van der Waals surface area contributed by atoms with Crippen molar-refractivity contribution in [3.8, 4) is 0 Å². The van der Waals surface area contributed by atoms with Gasteiger partial charge >= 0.3 is 27.9 Å². The van der Waals surface area contributed by atoms with Crippen molar-refractivity contribution in [2.24, 2.45) is 0 Å². The Morgan fingerprint density at radius 2 is 0.893 bits per heavy atom. The average molecular weight is 447 g/mol. The van der Waals surface area contributed by atoms with Crippen LogP contribution >= 0.6 is 0 Å². The molecule has 0 aromatic heterocycles. The highest BCUT2D eigenvalue weighted by atomic mass is 28.3. The maximum absolute atomic E-state index is 5.60. The van der Waals surface area contributed by atoms with Gasteiger partial charge < -0.3 is 26.6 Å². The van der Waals surface area contributed by atoms with Gasteiger partial charge in [-0.2, -0.15) is 0 Å². The van der Waals surface area contributed by atoms with E-state index in [0.29, 0.717) is 0 Å². The molecule has 0 spiro atoms. The van der Waals surface area contributed by atoms with Crippen molar-refractivity contribution in [1.29, 1.82) is 0 Å². The van der Waals surface area contributed by atoms with E-state index in [2.05, 4.69) is 30.3 Å². The van der Waals surface area contributed by atoms with Crippen LogP contribution in [0.25, 0.3) is 0 Å². The molecular weight excluding hydrogens is 408 g/mol. The van der Waals surface area contributed by atoms with Gasteiger partial charge in [-0.25, -0.2) is 0 Å².